The highest BCUT2D eigenvalue weighted by Gasteiger charge is 2.29. The molecule has 1 atom stereocenters. The first-order valence-corrected chi connectivity index (χ1v) is 8.92. The van der Waals surface area contributed by atoms with Gasteiger partial charge in [-0.05, 0) is 43.7 Å². The largest absolute Gasteiger partial charge is 0.223 e. The molecule has 0 fully saturated rings. The molecule has 1 aromatic carbocycles. The zero-order valence-electron chi connectivity index (χ0n) is 14.1. The molecule has 0 bridgehead atoms. The van der Waals surface area contributed by atoms with Crippen LogP contribution in [-0.4, -0.2) is 40.0 Å². The quantitative estimate of drug-likeness (QED) is 0.833. The summed E-state index contributed by atoms with van der Waals surface area (Å²) in [4.78, 5) is 0. The van der Waals surface area contributed by atoms with E-state index in [1.165, 1.54) is 4.31 Å². The van der Waals surface area contributed by atoms with Crippen LogP contribution in [0.5, 0.6) is 0 Å². The van der Waals surface area contributed by atoms with Crippen molar-refractivity contribution in [3.63, 3.8) is 0 Å². The summed E-state index contributed by atoms with van der Waals surface area (Å²) in [6.45, 7) is 7.72. The van der Waals surface area contributed by atoms with E-state index in [1.807, 2.05) is 51.1 Å². The number of rotatable bonds is 5. The Morgan fingerprint density at radius 1 is 1.22 bits per heavy atom. The molecule has 23 heavy (non-hydrogen) atoms. The summed E-state index contributed by atoms with van der Waals surface area (Å²) in [5.41, 5.74) is 0.448. The van der Waals surface area contributed by atoms with Gasteiger partial charge in [0, 0.05) is 7.05 Å². The van der Waals surface area contributed by atoms with Gasteiger partial charge in [-0.2, -0.15) is 4.31 Å². The fraction of sp³-hybridized carbons (Fsp3) is 0.533. The van der Waals surface area contributed by atoms with Crippen LogP contribution in [0.3, 0.4) is 0 Å². The Morgan fingerprint density at radius 3 is 2.39 bits per heavy atom. The molecular weight excluding hydrogens is 314 g/mol. The molecule has 0 saturated heterocycles. The van der Waals surface area contributed by atoms with E-state index in [2.05, 4.69) is 15.5 Å². The maximum Gasteiger partial charge on any atom is 0.221 e. The fourth-order valence-electron chi connectivity index (χ4n) is 2.28. The summed E-state index contributed by atoms with van der Waals surface area (Å²) in [6, 6.07) is 9.16. The van der Waals surface area contributed by atoms with Crippen molar-refractivity contribution in [2.24, 2.45) is 0 Å². The fourth-order valence-corrected chi connectivity index (χ4v) is 3.62. The molecule has 7 nitrogen and oxygen atoms in total. The molecule has 1 unspecified atom stereocenters. The van der Waals surface area contributed by atoms with Crippen molar-refractivity contribution < 1.29 is 8.42 Å². The molecular formula is C15H23N5O2S. The van der Waals surface area contributed by atoms with Gasteiger partial charge in [0.15, 0.2) is 5.82 Å². The van der Waals surface area contributed by atoms with E-state index in [0.717, 1.165) is 5.56 Å². The maximum absolute atomic E-state index is 12.8. The molecule has 1 heterocycles. The highest BCUT2D eigenvalue weighted by atomic mass is 32.2. The van der Waals surface area contributed by atoms with Gasteiger partial charge in [-0.1, -0.05) is 30.3 Å². The van der Waals surface area contributed by atoms with Crippen molar-refractivity contribution in [1.29, 1.82) is 0 Å². The van der Waals surface area contributed by atoms with Gasteiger partial charge in [-0.25, -0.2) is 13.1 Å². The smallest absolute Gasteiger partial charge is 0.221 e. The Hall–Kier alpha value is -1.80. The number of sulfonamides is 1. The molecule has 8 heteroatoms. The van der Waals surface area contributed by atoms with Crippen LogP contribution in [0.1, 0.15) is 44.3 Å². The SMILES string of the molecule is CC(c1ccccc1)S(=O)(=O)N(C)Cc1nnnn1C(C)(C)C. The average Bonchev–Trinajstić information content (AvgIpc) is 2.95. The topological polar surface area (TPSA) is 81.0 Å². The van der Waals surface area contributed by atoms with E-state index >= 15 is 0 Å². The lowest BCUT2D eigenvalue weighted by atomic mass is 10.1. The van der Waals surface area contributed by atoms with Gasteiger partial charge in [-0.3, -0.25) is 0 Å². The Kier molecular flexibility index (Phi) is 4.86. The molecule has 2 aromatic rings. The maximum atomic E-state index is 12.8. The normalized spacial score (nSPS) is 14.2. The summed E-state index contributed by atoms with van der Waals surface area (Å²) < 4.78 is 28.5. The summed E-state index contributed by atoms with van der Waals surface area (Å²) in [5, 5.41) is 11.0. The third kappa shape index (κ3) is 3.76. The molecule has 1 aromatic heterocycles. The molecule has 0 aliphatic carbocycles. The molecule has 0 radical (unpaired) electrons. The zero-order valence-corrected chi connectivity index (χ0v) is 14.9. The summed E-state index contributed by atoms with van der Waals surface area (Å²) in [7, 11) is -1.95. The molecule has 0 N–H and O–H groups in total. The van der Waals surface area contributed by atoms with Gasteiger partial charge >= 0.3 is 0 Å². The predicted molar refractivity (Wildman–Crippen MR) is 88.1 cm³/mol. The summed E-state index contributed by atoms with van der Waals surface area (Å²) in [5.74, 6) is 0.517. The van der Waals surface area contributed by atoms with E-state index < -0.39 is 15.3 Å². The van der Waals surface area contributed by atoms with E-state index in [9.17, 15) is 8.42 Å². The van der Waals surface area contributed by atoms with E-state index in [0.29, 0.717) is 5.82 Å². The molecule has 126 valence electrons. The van der Waals surface area contributed by atoms with Gasteiger partial charge in [-0.15, -0.1) is 5.10 Å². The van der Waals surface area contributed by atoms with Crippen molar-refractivity contribution in [3.8, 4) is 0 Å². The number of benzene rings is 1. The molecule has 0 amide bonds. The average molecular weight is 337 g/mol. The minimum Gasteiger partial charge on any atom is -0.223 e. The first-order valence-electron chi connectivity index (χ1n) is 7.42. The van der Waals surface area contributed by atoms with Crippen molar-refractivity contribution in [2.75, 3.05) is 7.05 Å². The molecule has 0 spiro atoms. The molecule has 0 saturated carbocycles. The van der Waals surface area contributed by atoms with Crippen molar-refractivity contribution in [1.82, 2.24) is 24.5 Å². The van der Waals surface area contributed by atoms with Crippen LogP contribution in [0.15, 0.2) is 30.3 Å². The minimum atomic E-state index is -3.51. The van der Waals surface area contributed by atoms with Gasteiger partial charge in [0.25, 0.3) is 0 Å². The number of hydrogen-bond acceptors (Lipinski definition) is 5. The van der Waals surface area contributed by atoms with Crippen molar-refractivity contribution in [3.05, 3.63) is 41.7 Å². The third-order valence-corrected chi connectivity index (χ3v) is 5.85. The van der Waals surface area contributed by atoms with Crippen LogP contribution in [0.4, 0.5) is 0 Å². The lowest BCUT2D eigenvalue weighted by Gasteiger charge is -2.24. The van der Waals surface area contributed by atoms with Crippen molar-refractivity contribution >= 4 is 10.0 Å². The van der Waals surface area contributed by atoms with Crippen molar-refractivity contribution in [2.45, 2.75) is 45.0 Å². The van der Waals surface area contributed by atoms with Gasteiger partial charge in [0.2, 0.25) is 10.0 Å². The standard InChI is InChI=1S/C15H23N5O2S/c1-12(13-9-7-6-8-10-13)23(21,22)19(5)11-14-16-17-18-20(14)15(2,3)4/h6-10,12H,11H2,1-5H3. The lowest BCUT2D eigenvalue weighted by Crippen LogP contribution is -2.33. The summed E-state index contributed by atoms with van der Waals surface area (Å²) in [6.07, 6.45) is 0. The van der Waals surface area contributed by atoms with Crippen LogP contribution < -0.4 is 0 Å². The number of hydrogen-bond donors (Lipinski definition) is 0. The molecule has 0 aliphatic rings. The first kappa shape index (κ1) is 17.6. The van der Waals surface area contributed by atoms with Crippen LogP contribution >= 0.6 is 0 Å². The zero-order chi connectivity index (χ0) is 17.3. The second-order valence-electron chi connectivity index (χ2n) is 6.53. The van der Waals surface area contributed by atoms with E-state index in [1.54, 1.807) is 18.7 Å². The Labute approximate surface area is 137 Å². The van der Waals surface area contributed by atoms with Gasteiger partial charge in [0.1, 0.15) is 0 Å². The minimum absolute atomic E-state index is 0.129. The lowest BCUT2D eigenvalue weighted by molar-refractivity contribution is 0.321. The monoisotopic (exact) mass is 337 g/mol. The number of nitrogens with zero attached hydrogens (tertiary/aromatic N) is 5. The van der Waals surface area contributed by atoms with E-state index in [4.69, 9.17) is 0 Å². The Balaban J connectivity index is 2.23. The summed E-state index contributed by atoms with van der Waals surface area (Å²) >= 11 is 0. The first-order chi connectivity index (χ1) is 10.6. The predicted octanol–water partition coefficient (Wildman–Crippen LogP) is 1.95. The Bertz CT molecular complexity index is 750. The van der Waals surface area contributed by atoms with Crippen LogP contribution in [0.25, 0.3) is 0 Å². The van der Waals surface area contributed by atoms with E-state index in [-0.39, 0.29) is 12.1 Å². The highest BCUT2D eigenvalue weighted by molar-refractivity contribution is 7.89. The number of tetrazole rings is 1. The second kappa shape index (κ2) is 6.37. The van der Waals surface area contributed by atoms with Crippen LogP contribution in [0, 0.1) is 0 Å². The highest BCUT2D eigenvalue weighted by Crippen LogP contribution is 2.25. The van der Waals surface area contributed by atoms with Crippen LogP contribution in [-0.2, 0) is 22.1 Å². The second-order valence-corrected chi connectivity index (χ2v) is 8.89. The molecule has 2 rings (SSSR count). The molecule has 0 aliphatic heterocycles. The number of aromatic nitrogens is 4. The van der Waals surface area contributed by atoms with Gasteiger partial charge in [0.05, 0.1) is 17.3 Å². The Morgan fingerprint density at radius 2 is 1.83 bits per heavy atom. The third-order valence-electron chi connectivity index (χ3n) is 3.68. The van der Waals surface area contributed by atoms with Gasteiger partial charge < -0.3 is 0 Å². The van der Waals surface area contributed by atoms with Crippen LogP contribution in [0.2, 0.25) is 0 Å².